The van der Waals surface area contributed by atoms with E-state index in [1.807, 2.05) is 0 Å². The summed E-state index contributed by atoms with van der Waals surface area (Å²) in [4.78, 5) is 2.39. The van der Waals surface area contributed by atoms with Crippen LogP contribution in [0.25, 0.3) is 0 Å². The zero-order chi connectivity index (χ0) is 11.9. The summed E-state index contributed by atoms with van der Waals surface area (Å²) in [5.41, 5.74) is 6.61. The van der Waals surface area contributed by atoms with Crippen molar-refractivity contribution in [3.8, 4) is 0 Å². The number of aryl methyl sites for hydroxylation is 2. The first-order chi connectivity index (χ1) is 7.52. The van der Waals surface area contributed by atoms with E-state index in [1.165, 1.54) is 28.2 Å². The molecule has 2 heteroatoms. The molecule has 0 spiro atoms. The van der Waals surface area contributed by atoms with E-state index in [0.29, 0.717) is 6.17 Å². The third-order valence-corrected chi connectivity index (χ3v) is 3.40. The second-order valence-electron chi connectivity index (χ2n) is 4.64. The molecule has 1 aliphatic heterocycles. The van der Waals surface area contributed by atoms with Crippen LogP contribution in [0.1, 0.15) is 31.9 Å². The lowest BCUT2D eigenvalue weighted by atomic mass is 10.1. The summed E-state index contributed by atoms with van der Waals surface area (Å²) in [6.07, 6.45) is 0.347. The van der Waals surface area contributed by atoms with Gasteiger partial charge >= 0.3 is 0 Å². The molecule has 1 aromatic carbocycles. The second kappa shape index (κ2) is 3.85. The maximum absolute atomic E-state index is 3.48. The Kier molecular flexibility index (Phi) is 2.66. The van der Waals surface area contributed by atoms with Crippen molar-refractivity contribution in [1.82, 2.24) is 5.32 Å². The third-order valence-electron chi connectivity index (χ3n) is 3.40. The summed E-state index contributed by atoms with van der Waals surface area (Å²) >= 11 is 0. The fourth-order valence-electron chi connectivity index (χ4n) is 2.50. The van der Waals surface area contributed by atoms with E-state index >= 15 is 0 Å². The molecule has 2 nitrogen and oxygen atoms in total. The Morgan fingerprint density at radius 2 is 1.62 bits per heavy atom. The number of nitrogens with one attached hydrogen (secondary N) is 1. The van der Waals surface area contributed by atoms with Crippen molar-refractivity contribution in [2.24, 2.45) is 0 Å². The number of nitrogens with zero attached hydrogens (tertiary/aromatic N) is 1. The highest BCUT2D eigenvalue weighted by atomic mass is 15.3. The van der Waals surface area contributed by atoms with Crippen LogP contribution in [0.15, 0.2) is 29.6 Å². The first-order valence-corrected chi connectivity index (χ1v) is 5.82. The third kappa shape index (κ3) is 1.58. The molecule has 0 saturated heterocycles. The van der Waals surface area contributed by atoms with Gasteiger partial charge in [0.1, 0.15) is 6.17 Å². The van der Waals surface area contributed by atoms with Gasteiger partial charge in [0.25, 0.3) is 0 Å². The van der Waals surface area contributed by atoms with Crippen LogP contribution in [0.3, 0.4) is 0 Å². The van der Waals surface area contributed by atoms with Gasteiger partial charge in [-0.3, -0.25) is 0 Å². The maximum atomic E-state index is 3.48. The normalized spacial score (nSPS) is 20.3. The van der Waals surface area contributed by atoms with Crippen LogP contribution in [-0.4, -0.2) is 6.17 Å². The van der Waals surface area contributed by atoms with Crippen molar-refractivity contribution in [1.29, 1.82) is 0 Å². The van der Waals surface area contributed by atoms with Gasteiger partial charge in [-0.05, 0) is 45.7 Å². The summed E-state index contributed by atoms with van der Waals surface area (Å²) in [5.74, 6) is 0. The number of rotatable bonds is 1. The standard InChI is InChI=1S/C14H20N2/c1-9-7-6-8-10(2)14(9)16-12(4)11(3)15-13(16)5/h6-8,13,15H,1-5H3. The average molecular weight is 216 g/mol. The Hall–Kier alpha value is -1.44. The molecule has 1 unspecified atom stereocenters. The lowest BCUT2D eigenvalue weighted by molar-refractivity contribution is 0.659. The van der Waals surface area contributed by atoms with Crippen molar-refractivity contribution >= 4 is 5.69 Å². The molecule has 1 aliphatic rings. The number of allylic oxidation sites excluding steroid dienone is 2. The molecule has 0 aliphatic carbocycles. The lowest BCUT2D eigenvalue weighted by Gasteiger charge is -2.28. The van der Waals surface area contributed by atoms with E-state index < -0.39 is 0 Å². The van der Waals surface area contributed by atoms with Gasteiger partial charge in [-0.25, -0.2) is 0 Å². The zero-order valence-corrected chi connectivity index (χ0v) is 10.8. The van der Waals surface area contributed by atoms with Crippen LogP contribution in [-0.2, 0) is 0 Å². The Balaban J connectivity index is 2.53. The highest BCUT2D eigenvalue weighted by Gasteiger charge is 2.26. The van der Waals surface area contributed by atoms with E-state index in [9.17, 15) is 0 Å². The fraction of sp³-hybridized carbons (Fsp3) is 0.429. The first-order valence-electron chi connectivity index (χ1n) is 5.82. The fourth-order valence-corrected chi connectivity index (χ4v) is 2.50. The van der Waals surface area contributed by atoms with Crippen LogP contribution in [0.4, 0.5) is 5.69 Å². The molecule has 0 bridgehead atoms. The summed E-state index contributed by atoms with van der Waals surface area (Å²) in [6.45, 7) is 10.9. The topological polar surface area (TPSA) is 15.3 Å². The van der Waals surface area contributed by atoms with E-state index in [0.717, 1.165) is 0 Å². The molecule has 0 amide bonds. The van der Waals surface area contributed by atoms with Crippen LogP contribution in [0.2, 0.25) is 0 Å². The van der Waals surface area contributed by atoms with Crippen LogP contribution < -0.4 is 10.2 Å². The maximum Gasteiger partial charge on any atom is 0.100 e. The molecule has 1 heterocycles. The molecule has 0 aromatic heterocycles. The van der Waals surface area contributed by atoms with Crippen molar-refractivity contribution < 1.29 is 0 Å². The van der Waals surface area contributed by atoms with Gasteiger partial charge in [-0.2, -0.15) is 0 Å². The molecule has 1 N–H and O–H groups in total. The van der Waals surface area contributed by atoms with Crippen molar-refractivity contribution in [3.63, 3.8) is 0 Å². The smallest absolute Gasteiger partial charge is 0.100 e. The molecule has 0 saturated carbocycles. The van der Waals surface area contributed by atoms with Gasteiger partial charge in [-0.15, -0.1) is 0 Å². The number of anilines is 1. The summed E-state index contributed by atoms with van der Waals surface area (Å²) in [6, 6.07) is 6.47. The number of hydrogen-bond donors (Lipinski definition) is 1. The molecule has 86 valence electrons. The highest BCUT2D eigenvalue weighted by Crippen LogP contribution is 2.32. The SMILES string of the molecule is CC1=C(C)N(c2c(C)cccc2C)C(C)N1. The van der Waals surface area contributed by atoms with Gasteiger partial charge < -0.3 is 10.2 Å². The molecule has 1 aromatic rings. The Morgan fingerprint density at radius 3 is 2.06 bits per heavy atom. The number of hydrogen-bond acceptors (Lipinski definition) is 2. The van der Waals surface area contributed by atoms with Gasteiger partial charge in [0.15, 0.2) is 0 Å². The minimum Gasteiger partial charge on any atom is -0.367 e. The first kappa shape index (κ1) is 11.1. The van der Waals surface area contributed by atoms with E-state index in [2.05, 4.69) is 63.0 Å². The molecule has 1 atom stereocenters. The van der Waals surface area contributed by atoms with Gasteiger partial charge in [-0.1, -0.05) is 18.2 Å². The largest absolute Gasteiger partial charge is 0.367 e. The molecule has 0 fully saturated rings. The van der Waals surface area contributed by atoms with E-state index in [4.69, 9.17) is 0 Å². The predicted molar refractivity (Wildman–Crippen MR) is 69.4 cm³/mol. The molecular formula is C14H20N2. The number of para-hydroxylation sites is 1. The van der Waals surface area contributed by atoms with Gasteiger partial charge in [0.2, 0.25) is 0 Å². The molecular weight excluding hydrogens is 196 g/mol. The molecule has 2 rings (SSSR count). The summed E-state index contributed by atoms with van der Waals surface area (Å²) < 4.78 is 0. The lowest BCUT2D eigenvalue weighted by Crippen LogP contribution is -2.34. The van der Waals surface area contributed by atoms with Gasteiger partial charge in [0.05, 0.1) is 0 Å². The van der Waals surface area contributed by atoms with Crippen LogP contribution in [0, 0.1) is 13.8 Å². The Labute approximate surface area is 98.0 Å². The second-order valence-corrected chi connectivity index (χ2v) is 4.64. The number of benzene rings is 1. The predicted octanol–water partition coefficient (Wildman–Crippen LogP) is 3.31. The average Bonchev–Trinajstić information content (AvgIpc) is 2.44. The monoisotopic (exact) mass is 216 g/mol. The van der Waals surface area contributed by atoms with Crippen molar-refractivity contribution in [2.75, 3.05) is 4.90 Å². The minimum atomic E-state index is 0.347. The van der Waals surface area contributed by atoms with Crippen molar-refractivity contribution in [2.45, 2.75) is 40.8 Å². The molecule has 16 heavy (non-hydrogen) atoms. The summed E-state index contributed by atoms with van der Waals surface area (Å²) in [7, 11) is 0. The Morgan fingerprint density at radius 1 is 1.06 bits per heavy atom. The molecule has 0 radical (unpaired) electrons. The summed E-state index contributed by atoms with van der Waals surface area (Å²) in [5, 5.41) is 3.48. The quantitative estimate of drug-likeness (QED) is 0.774. The van der Waals surface area contributed by atoms with E-state index in [-0.39, 0.29) is 0 Å². The highest BCUT2D eigenvalue weighted by molar-refractivity contribution is 5.64. The van der Waals surface area contributed by atoms with Crippen LogP contribution >= 0.6 is 0 Å². The Bertz CT molecular complexity index is 426. The minimum absolute atomic E-state index is 0.347. The van der Waals surface area contributed by atoms with Gasteiger partial charge in [0, 0.05) is 17.1 Å². The van der Waals surface area contributed by atoms with Crippen LogP contribution in [0.5, 0.6) is 0 Å². The van der Waals surface area contributed by atoms with E-state index in [1.54, 1.807) is 0 Å². The zero-order valence-electron chi connectivity index (χ0n) is 10.8. The van der Waals surface area contributed by atoms with Crippen molar-refractivity contribution in [3.05, 3.63) is 40.7 Å².